The van der Waals surface area contributed by atoms with Gasteiger partial charge in [-0.3, -0.25) is 0 Å². The van der Waals surface area contributed by atoms with Crippen LogP contribution in [-0.2, 0) is 19.1 Å². The molecule has 1 atom stereocenters. The first kappa shape index (κ1) is 19.4. The molecule has 0 saturated carbocycles. The second-order valence-corrected chi connectivity index (χ2v) is 5.43. The number of esters is 1. The molecule has 124 valence electrons. The molecule has 1 aliphatic heterocycles. The number of ether oxygens (including phenoxy) is 1. The zero-order valence-electron chi connectivity index (χ0n) is 12.8. The van der Waals surface area contributed by atoms with E-state index in [1.165, 1.54) is 4.90 Å². The quantitative estimate of drug-likeness (QED) is 0.495. The second kappa shape index (κ2) is 8.01. The topological polar surface area (TPSA) is 133 Å². The van der Waals surface area contributed by atoms with Crippen molar-refractivity contribution < 1.29 is 34.1 Å². The first-order chi connectivity index (χ1) is 9.92. The number of nitrogens with one attached hydrogen (secondary N) is 1. The third-order valence-electron chi connectivity index (χ3n) is 2.16. The normalized spacial score (nSPS) is 17.5. The van der Waals surface area contributed by atoms with Crippen LogP contribution < -0.4 is 5.32 Å². The van der Waals surface area contributed by atoms with Crippen molar-refractivity contribution in [2.75, 3.05) is 13.6 Å². The highest BCUT2D eigenvalue weighted by Crippen LogP contribution is 2.11. The average molecular weight is 316 g/mol. The standard InChI is InChI=1S/C9H16N2O3.C4H4O4/c1-9(2,3)14-7(12)6-5-11(4)8(13)10-6;5-3(6)1-2-4(7)8/h6H,5H2,1-4H3,(H,10,13);1-2H,(H,5,6)(H,7,8)/b;2-1-. The molecule has 0 radical (unpaired) electrons. The van der Waals surface area contributed by atoms with Gasteiger partial charge in [0, 0.05) is 19.2 Å². The first-order valence-electron chi connectivity index (χ1n) is 6.31. The van der Waals surface area contributed by atoms with E-state index in [1.54, 1.807) is 27.8 Å². The molecule has 1 unspecified atom stereocenters. The lowest BCUT2D eigenvalue weighted by Gasteiger charge is -2.21. The Balaban J connectivity index is 0.000000472. The highest BCUT2D eigenvalue weighted by atomic mass is 16.6. The molecular formula is C13H20N2O7. The average Bonchev–Trinajstić information content (AvgIpc) is 2.66. The number of hydrogen-bond acceptors (Lipinski definition) is 5. The number of carbonyl (C=O) groups is 4. The van der Waals surface area contributed by atoms with Crippen LogP contribution in [0, 0.1) is 0 Å². The number of rotatable bonds is 3. The molecule has 0 aromatic rings. The van der Waals surface area contributed by atoms with E-state index in [-0.39, 0.29) is 12.0 Å². The van der Waals surface area contributed by atoms with Gasteiger partial charge in [-0.2, -0.15) is 0 Å². The molecule has 0 aliphatic carbocycles. The van der Waals surface area contributed by atoms with Gasteiger partial charge in [0.2, 0.25) is 0 Å². The highest BCUT2D eigenvalue weighted by Gasteiger charge is 2.34. The number of carbonyl (C=O) groups excluding carboxylic acids is 2. The molecule has 0 aromatic carbocycles. The maximum Gasteiger partial charge on any atom is 0.331 e. The van der Waals surface area contributed by atoms with Crippen molar-refractivity contribution in [3.05, 3.63) is 12.2 Å². The van der Waals surface area contributed by atoms with Gasteiger partial charge in [-0.1, -0.05) is 0 Å². The summed E-state index contributed by atoms with van der Waals surface area (Å²) in [5.41, 5.74) is -0.511. The molecule has 3 N–H and O–H groups in total. The van der Waals surface area contributed by atoms with Gasteiger partial charge in [0.1, 0.15) is 11.6 Å². The lowest BCUT2D eigenvalue weighted by Crippen LogP contribution is -2.39. The number of carboxylic acids is 2. The Kier molecular flexibility index (Phi) is 7.07. The predicted molar refractivity (Wildman–Crippen MR) is 75.2 cm³/mol. The van der Waals surface area contributed by atoms with Crippen LogP contribution in [0.4, 0.5) is 4.79 Å². The van der Waals surface area contributed by atoms with Gasteiger partial charge in [-0.15, -0.1) is 0 Å². The fraction of sp³-hybridized carbons (Fsp3) is 0.538. The van der Waals surface area contributed by atoms with Crippen molar-refractivity contribution in [2.24, 2.45) is 0 Å². The fourth-order valence-electron chi connectivity index (χ4n) is 1.31. The minimum Gasteiger partial charge on any atom is -0.478 e. The largest absolute Gasteiger partial charge is 0.478 e. The summed E-state index contributed by atoms with van der Waals surface area (Å²) in [6, 6.07) is -0.771. The van der Waals surface area contributed by atoms with Gasteiger partial charge < -0.3 is 25.2 Å². The van der Waals surface area contributed by atoms with Gasteiger partial charge >= 0.3 is 23.9 Å². The van der Waals surface area contributed by atoms with E-state index < -0.39 is 23.6 Å². The lowest BCUT2D eigenvalue weighted by molar-refractivity contribution is -0.156. The zero-order chi connectivity index (χ0) is 17.5. The summed E-state index contributed by atoms with van der Waals surface area (Å²) in [5.74, 6) is -2.89. The summed E-state index contributed by atoms with van der Waals surface area (Å²) < 4.78 is 5.14. The minimum absolute atomic E-state index is 0.235. The number of likely N-dealkylation sites (N-methyl/N-ethyl adjacent to an activating group) is 1. The Labute approximate surface area is 127 Å². The van der Waals surface area contributed by atoms with E-state index in [0.717, 1.165) is 0 Å². The van der Waals surface area contributed by atoms with Crippen molar-refractivity contribution in [2.45, 2.75) is 32.4 Å². The van der Waals surface area contributed by atoms with Gasteiger partial charge in [0.15, 0.2) is 0 Å². The van der Waals surface area contributed by atoms with Crippen LogP contribution in [0.3, 0.4) is 0 Å². The van der Waals surface area contributed by atoms with E-state index in [0.29, 0.717) is 18.7 Å². The van der Waals surface area contributed by atoms with Gasteiger partial charge in [0.25, 0.3) is 0 Å². The minimum atomic E-state index is -1.26. The number of hydrogen-bond donors (Lipinski definition) is 3. The van der Waals surface area contributed by atoms with Crippen molar-refractivity contribution in [3.8, 4) is 0 Å². The third-order valence-corrected chi connectivity index (χ3v) is 2.16. The van der Waals surface area contributed by atoms with E-state index in [2.05, 4.69) is 5.32 Å². The molecule has 1 rings (SSSR count). The van der Waals surface area contributed by atoms with Gasteiger partial charge in [-0.05, 0) is 20.8 Å². The summed E-state index contributed by atoms with van der Waals surface area (Å²) in [5, 5.41) is 18.2. The summed E-state index contributed by atoms with van der Waals surface area (Å²) in [6.07, 6.45) is 1.12. The predicted octanol–water partition coefficient (Wildman–Crippen LogP) is 0.0635. The van der Waals surface area contributed by atoms with E-state index >= 15 is 0 Å². The van der Waals surface area contributed by atoms with Crippen LogP contribution in [0.5, 0.6) is 0 Å². The zero-order valence-corrected chi connectivity index (χ0v) is 12.8. The number of urea groups is 1. The SMILES string of the molecule is CN1CC(C(=O)OC(C)(C)C)NC1=O.O=C(O)/C=C\C(=O)O. The molecule has 9 nitrogen and oxygen atoms in total. The summed E-state index contributed by atoms with van der Waals surface area (Å²) in [7, 11) is 1.64. The summed E-state index contributed by atoms with van der Waals surface area (Å²) in [4.78, 5) is 43.1. The monoisotopic (exact) mass is 316 g/mol. The molecule has 0 bridgehead atoms. The number of aliphatic carboxylic acids is 2. The molecule has 1 heterocycles. The van der Waals surface area contributed by atoms with Crippen LogP contribution in [-0.4, -0.2) is 64.3 Å². The molecule has 9 heteroatoms. The summed E-state index contributed by atoms with van der Waals surface area (Å²) >= 11 is 0. The Morgan fingerprint density at radius 1 is 1.23 bits per heavy atom. The van der Waals surface area contributed by atoms with Crippen LogP contribution in [0.2, 0.25) is 0 Å². The molecule has 1 aliphatic rings. The molecule has 2 amide bonds. The Bertz CT molecular complexity index is 463. The van der Waals surface area contributed by atoms with Gasteiger partial charge in [-0.25, -0.2) is 19.2 Å². The number of nitrogens with zero attached hydrogens (tertiary/aromatic N) is 1. The lowest BCUT2D eigenvalue weighted by atomic mass is 10.2. The van der Waals surface area contributed by atoms with Crippen molar-refractivity contribution in [3.63, 3.8) is 0 Å². The second-order valence-electron chi connectivity index (χ2n) is 5.43. The molecular weight excluding hydrogens is 296 g/mol. The van der Waals surface area contributed by atoms with Crippen LogP contribution in [0.1, 0.15) is 20.8 Å². The third kappa shape index (κ3) is 8.56. The Hall–Kier alpha value is -2.58. The van der Waals surface area contributed by atoms with Crippen molar-refractivity contribution in [1.82, 2.24) is 10.2 Å². The van der Waals surface area contributed by atoms with Crippen molar-refractivity contribution >= 4 is 23.9 Å². The molecule has 0 aromatic heterocycles. The van der Waals surface area contributed by atoms with Gasteiger partial charge in [0.05, 0.1) is 6.54 Å². The van der Waals surface area contributed by atoms with E-state index in [1.807, 2.05) is 0 Å². The smallest absolute Gasteiger partial charge is 0.331 e. The van der Waals surface area contributed by atoms with Crippen LogP contribution in [0.25, 0.3) is 0 Å². The Morgan fingerprint density at radius 3 is 1.95 bits per heavy atom. The summed E-state index contributed by atoms with van der Waals surface area (Å²) in [6.45, 7) is 5.76. The molecule has 1 saturated heterocycles. The first-order valence-corrected chi connectivity index (χ1v) is 6.31. The molecule has 22 heavy (non-hydrogen) atoms. The van der Waals surface area contributed by atoms with Crippen LogP contribution in [0.15, 0.2) is 12.2 Å². The van der Waals surface area contributed by atoms with Crippen LogP contribution >= 0.6 is 0 Å². The highest BCUT2D eigenvalue weighted by molar-refractivity contribution is 5.89. The fourth-order valence-corrected chi connectivity index (χ4v) is 1.31. The van der Waals surface area contributed by atoms with Crippen molar-refractivity contribution in [1.29, 1.82) is 0 Å². The molecule has 0 spiro atoms. The number of carboxylic acid groups (broad SMARTS) is 2. The Morgan fingerprint density at radius 2 is 1.68 bits per heavy atom. The number of amides is 2. The van der Waals surface area contributed by atoms with E-state index in [4.69, 9.17) is 14.9 Å². The maximum absolute atomic E-state index is 11.5. The van der Waals surface area contributed by atoms with E-state index in [9.17, 15) is 19.2 Å². The maximum atomic E-state index is 11.5. The molecule has 1 fully saturated rings.